The first-order valence-corrected chi connectivity index (χ1v) is 9.99. The van der Waals surface area contributed by atoms with Gasteiger partial charge in [0, 0.05) is 28.9 Å². The standard InChI is InChI=1S/C21H23N3O3S/c1-4-27-21(26)20-14(3)23-13(2)19(20)16-12-28-18(24-16)10-17(25)22-11-15-8-6-5-7-9-15/h5-9,12,23H,4,10-11H2,1-3H3,(H,22,25). The normalized spacial score (nSPS) is 10.7. The van der Waals surface area contributed by atoms with Gasteiger partial charge in [-0.1, -0.05) is 30.3 Å². The number of benzene rings is 1. The number of aryl methyl sites for hydroxylation is 2. The van der Waals surface area contributed by atoms with Crippen molar-refractivity contribution in [2.24, 2.45) is 0 Å². The molecule has 7 heteroatoms. The Balaban J connectivity index is 1.72. The fourth-order valence-corrected chi connectivity index (χ4v) is 3.85. The smallest absolute Gasteiger partial charge is 0.340 e. The number of ether oxygens (including phenoxy) is 1. The van der Waals surface area contributed by atoms with Gasteiger partial charge in [-0.2, -0.15) is 0 Å². The molecule has 2 N–H and O–H groups in total. The van der Waals surface area contributed by atoms with E-state index in [2.05, 4.69) is 15.3 Å². The average Bonchev–Trinajstić information content (AvgIpc) is 3.24. The number of esters is 1. The quantitative estimate of drug-likeness (QED) is 0.594. The fraction of sp³-hybridized carbons (Fsp3) is 0.286. The third kappa shape index (κ3) is 4.48. The molecule has 2 heterocycles. The highest BCUT2D eigenvalue weighted by Crippen LogP contribution is 2.31. The molecule has 3 aromatic rings. The summed E-state index contributed by atoms with van der Waals surface area (Å²) < 4.78 is 5.18. The van der Waals surface area contributed by atoms with Crippen LogP contribution in [0.25, 0.3) is 11.3 Å². The Morgan fingerprint density at radius 2 is 1.93 bits per heavy atom. The number of hydrogen-bond acceptors (Lipinski definition) is 5. The van der Waals surface area contributed by atoms with Crippen LogP contribution in [0.1, 0.15) is 39.2 Å². The summed E-state index contributed by atoms with van der Waals surface area (Å²) >= 11 is 1.41. The SMILES string of the molecule is CCOC(=O)c1c(C)[nH]c(C)c1-c1csc(CC(=O)NCc2ccccc2)n1. The Labute approximate surface area is 168 Å². The molecule has 3 rings (SSSR count). The fourth-order valence-electron chi connectivity index (χ4n) is 3.06. The van der Waals surface area contributed by atoms with E-state index in [9.17, 15) is 9.59 Å². The van der Waals surface area contributed by atoms with Crippen molar-refractivity contribution in [3.8, 4) is 11.3 Å². The van der Waals surface area contributed by atoms with Crippen molar-refractivity contribution in [3.63, 3.8) is 0 Å². The maximum absolute atomic E-state index is 12.3. The number of aromatic amines is 1. The highest BCUT2D eigenvalue weighted by Gasteiger charge is 2.23. The van der Waals surface area contributed by atoms with Crippen molar-refractivity contribution in [2.45, 2.75) is 33.7 Å². The zero-order valence-electron chi connectivity index (χ0n) is 16.2. The summed E-state index contributed by atoms with van der Waals surface area (Å²) in [5.41, 5.74) is 4.58. The number of H-pyrrole nitrogens is 1. The van der Waals surface area contributed by atoms with Gasteiger partial charge in [0.2, 0.25) is 5.91 Å². The number of nitrogens with one attached hydrogen (secondary N) is 2. The highest BCUT2D eigenvalue weighted by atomic mass is 32.1. The molecular formula is C21H23N3O3S. The van der Waals surface area contributed by atoms with Crippen molar-refractivity contribution in [1.29, 1.82) is 0 Å². The zero-order valence-corrected chi connectivity index (χ0v) is 17.0. The minimum atomic E-state index is -0.366. The van der Waals surface area contributed by atoms with E-state index in [1.807, 2.05) is 49.6 Å². The van der Waals surface area contributed by atoms with E-state index in [4.69, 9.17) is 4.74 Å². The van der Waals surface area contributed by atoms with E-state index in [1.54, 1.807) is 6.92 Å². The van der Waals surface area contributed by atoms with E-state index in [0.29, 0.717) is 29.4 Å². The van der Waals surface area contributed by atoms with Gasteiger partial charge in [0.05, 0.1) is 24.3 Å². The van der Waals surface area contributed by atoms with E-state index >= 15 is 0 Å². The van der Waals surface area contributed by atoms with Gasteiger partial charge in [0.15, 0.2) is 0 Å². The van der Waals surface area contributed by atoms with Crippen LogP contribution in [0.3, 0.4) is 0 Å². The lowest BCUT2D eigenvalue weighted by Crippen LogP contribution is -2.24. The van der Waals surface area contributed by atoms with Crippen LogP contribution in [0.2, 0.25) is 0 Å². The average molecular weight is 398 g/mol. The number of rotatable bonds is 7. The minimum absolute atomic E-state index is 0.0858. The molecule has 0 saturated carbocycles. The van der Waals surface area contributed by atoms with Crippen LogP contribution < -0.4 is 5.32 Å². The lowest BCUT2D eigenvalue weighted by Gasteiger charge is -2.05. The van der Waals surface area contributed by atoms with Gasteiger partial charge >= 0.3 is 5.97 Å². The molecule has 6 nitrogen and oxygen atoms in total. The van der Waals surface area contributed by atoms with Crippen LogP contribution in [-0.2, 0) is 22.5 Å². The molecule has 2 aromatic heterocycles. The first-order valence-electron chi connectivity index (χ1n) is 9.11. The van der Waals surface area contributed by atoms with Crippen LogP contribution in [0.5, 0.6) is 0 Å². The molecular weight excluding hydrogens is 374 g/mol. The topological polar surface area (TPSA) is 84.1 Å². The van der Waals surface area contributed by atoms with Crippen molar-refractivity contribution >= 4 is 23.2 Å². The van der Waals surface area contributed by atoms with Crippen LogP contribution in [0.15, 0.2) is 35.7 Å². The van der Waals surface area contributed by atoms with Crippen molar-refractivity contribution in [1.82, 2.24) is 15.3 Å². The van der Waals surface area contributed by atoms with Gasteiger partial charge in [-0.3, -0.25) is 4.79 Å². The zero-order chi connectivity index (χ0) is 20.1. The summed E-state index contributed by atoms with van der Waals surface area (Å²) in [6, 6.07) is 9.76. The van der Waals surface area contributed by atoms with E-state index in [1.165, 1.54) is 11.3 Å². The van der Waals surface area contributed by atoms with Crippen LogP contribution in [0.4, 0.5) is 0 Å². The van der Waals surface area contributed by atoms with Gasteiger partial charge in [0.1, 0.15) is 5.01 Å². The van der Waals surface area contributed by atoms with Gasteiger partial charge in [-0.15, -0.1) is 11.3 Å². The van der Waals surface area contributed by atoms with E-state index in [0.717, 1.165) is 22.5 Å². The third-order valence-electron chi connectivity index (χ3n) is 4.31. The predicted octanol–water partition coefficient (Wildman–Crippen LogP) is 3.79. The molecule has 0 bridgehead atoms. The molecule has 28 heavy (non-hydrogen) atoms. The van der Waals surface area contributed by atoms with E-state index < -0.39 is 0 Å². The van der Waals surface area contributed by atoms with Gasteiger partial charge in [-0.25, -0.2) is 9.78 Å². The maximum atomic E-state index is 12.3. The number of aromatic nitrogens is 2. The third-order valence-corrected chi connectivity index (χ3v) is 5.16. The molecule has 0 unspecified atom stereocenters. The largest absolute Gasteiger partial charge is 0.462 e. The van der Waals surface area contributed by atoms with Crippen LogP contribution >= 0.6 is 11.3 Å². The summed E-state index contributed by atoms with van der Waals surface area (Å²) in [4.78, 5) is 32.4. The first kappa shape index (κ1) is 19.8. The highest BCUT2D eigenvalue weighted by molar-refractivity contribution is 7.10. The summed E-state index contributed by atoms with van der Waals surface area (Å²) in [6.07, 6.45) is 0.203. The Morgan fingerprint density at radius 3 is 2.64 bits per heavy atom. The summed E-state index contributed by atoms with van der Waals surface area (Å²) in [6.45, 7) is 6.32. The molecule has 1 amide bonds. The molecule has 0 radical (unpaired) electrons. The summed E-state index contributed by atoms with van der Waals surface area (Å²) in [5.74, 6) is -0.452. The number of nitrogens with zero attached hydrogens (tertiary/aromatic N) is 1. The van der Waals surface area contributed by atoms with Crippen molar-refractivity contribution in [2.75, 3.05) is 6.61 Å². The summed E-state index contributed by atoms with van der Waals surface area (Å²) in [7, 11) is 0. The number of hydrogen-bond donors (Lipinski definition) is 2. The number of carbonyl (C=O) groups is 2. The maximum Gasteiger partial charge on any atom is 0.340 e. The van der Waals surface area contributed by atoms with Gasteiger partial charge in [-0.05, 0) is 26.3 Å². The molecule has 1 aromatic carbocycles. The van der Waals surface area contributed by atoms with Crippen molar-refractivity contribution < 1.29 is 14.3 Å². The predicted molar refractivity (Wildman–Crippen MR) is 109 cm³/mol. The number of amides is 1. The number of carbonyl (C=O) groups excluding carboxylic acids is 2. The Bertz CT molecular complexity index is 976. The second-order valence-electron chi connectivity index (χ2n) is 6.41. The molecule has 0 atom stereocenters. The molecule has 0 aliphatic rings. The lowest BCUT2D eigenvalue weighted by molar-refractivity contribution is -0.120. The Kier molecular flexibility index (Phi) is 6.26. The molecule has 0 saturated heterocycles. The Morgan fingerprint density at radius 1 is 1.18 bits per heavy atom. The number of thiazole rings is 1. The van der Waals surface area contributed by atoms with Gasteiger partial charge < -0.3 is 15.0 Å². The summed E-state index contributed by atoms with van der Waals surface area (Å²) in [5, 5.41) is 5.48. The molecule has 0 fully saturated rings. The minimum Gasteiger partial charge on any atom is -0.462 e. The second kappa shape index (κ2) is 8.84. The first-order chi connectivity index (χ1) is 13.5. The van der Waals surface area contributed by atoms with Crippen LogP contribution in [0, 0.1) is 13.8 Å². The van der Waals surface area contributed by atoms with Crippen molar-refractivity contribution in [3.05, 3.63) is 63.2 Å². The van der Waals surface area contributed by atoms with Crippen LogP contribution in [-0.4, -0.2) is 28.5 Å². The molecule has 0 spiro atoms. The molecule has 0 aliphatic heterocycles. The van der Waals surface area contributed by atoms with E-state index in [-0.39, 0.29) is 18.3 Å². The second-order valence-corrected chi connectivity index (χ2v) is 7.35. The Hall–Kier alpha value is -2.93. The lowest BCUT2D eigenvalue weighted by atomic mass is 10.1. The molecule has 0 aliphatic carbocycles. The molecule has 146 valence electrons. The van der Waals surface area contributed by atoms with Gasteiger partial charge in [0.25, 0.3) is 0 Å². The monoisotopic (exact) mass is 397 g/mol.